The maximum Gasteiger partial charge on any atom is 0.379 e. The van der Waals surface area contributed by atoms with Crippen LogP contribution >= 0.6 is 0 Å². The van der Waals surface area contributed by atoms with Gasteiger partial charge in [0, 0.05) is 0 Å². The summed E-state index contributed by atoms with van der Waals surface area (Å²) >= 11 is 0. The van der Waals surface area contributed by atoms with Crippen molar-refractivity contribution in [3.63, 3.8) is 0 Å². The average molecular weight is 280 g/mol. The van der Waals surface area contributed by atoms with Crippen molar-refractivity contribution in [1.29, 1.82) is 0 Å². The molecule has 5 heteroatoms. The van der Waals surface area contributed by atoms with Crippen LogP contribution < -0.4 is 4.74 Å². The molecule has 1 saturated carbocycles. The molecule has 0 saturated heterocycles. The Balaban J connectivity index is 2.13. The second kappa shape index (κ2) is 6.50. The molecule has 0 atom stereocenters. The Morgan fingerprint density at radius 3 is 2.70 bits per heavy atom. The van der Waals surface area contributed by atoms with E-state index < -0.39 is 17.6 Å². The zero-order valence-electron chi connectivity index (χ0n) is 11.4. The molecule has 1 aromatic rings. The first kappa shape index (κ1) is 14.5. The van der Waals surface area contributed by atoms with Crippen molar-refractivity contribution in [2.24, 2.45) is 5.92 Å². The fourth-order valence-electron chi connectivity index (χ4n) is 1.98. The molecule has 0 radical (unpaired) electrons. The van der Waals surface area contributed by atoms with Crippen molar-refractivity contribution >= 4 is 11.8 Å². The van der Waals surface area contributed by atoms with E-state index >= 15 is 0 Å². The van der Waals surface area contributed by atoms with Crippen LogP contribution in [-0.4, -0.2) is 25.0 Å². The number of halogens is 1. The molecule has 20 heavy (non-hydrogen) atoms. The van der Waals surface area contributed by atoms with Crippen LogP contribution in [0.5, 0.6) is 5.75 Å². The van der Waals surface area contributed by atoms with E-state index in [1.165, 1.54) is 18.6 Å². The highest BCUT2D eigenvalue weighted by Gasteiger charge is 2.24. The van der Waals surface area contributed by atoms with Gasteiger partial charge in [-0.1, -0.05) is 6.42 Å². The number of carbonyl (C=O) groups is 2. The SMILES string of the molecule is CCOC(=O)C(=O)c1cc(F)ccc1OCC1CCC1. The van der Waals surface area contributed by atoms with E-state index in [4.69, 9.17) is 4.74 Å². The van der Waals surface area contributed by atoms with Gasteiger partial charge in [0.15, 0.2) is 0 Å². The third-order valence-electron chi connectivity index (χ3n) is 3.35. The van der Waals surface area contributed by atoms with Crippen LogP contribution in [0.2, 0.25) is 0 Å². The lowest BCUT2D eigenvalue weighted by atomic mass is 9.86. The highest BCUT2D eigenvalue weighted by molar-refractivity contribution is 6.41. The van der Waals surface area contributed by atoms with Gasteiger partial charge in [-0.25, -0.2) is 9.18 Å². The lowest BCUT2D eigenvalue weighted by Crippen LogP contribution is -2.22. The van der Waals surface area contributed by atoms with Gasteiger partial charge in [-0.2, -0.15) is 0 Å². The summed E-state index contributed by atoms with van der Waals surface area (Å²) in [5.74, 6) is -1.75. The number of ketones is 1. The second-order valence-electron chi connectivity index (χ2n) is 4.80. The minimum atomic E-state index is -0.994. The Kier molecular flexibility index (Phi) is 4.71. The summed E-state index contributed by atoms with van der Waals surface area (Å²) in [4.78, 5) is 23.4. The molecular formula is C15H17FO4. The van der Waals surface area contributed by atoms with Crippen molar-refractivity contribution < 1.29 is 23.5 Å². The molecule has 0 spiro atoms. The molecule has 2 rings (SSSR count). The van der Waals surface area contributed by atoms with E-state index in [0.29, 0.717) is 12.5 Å². The normalized spacial score (nSPS) is 14.5. The number of esters is 1. The van der Waals surface area contributed by atoms with Crippen LogP contribution in [0.25, 0.3) is 0 Å². The van der Waals surface area contributed by atoms with E-state index in [0.717, 1.165) is 18.9 Å². The minimum absolute atomic E-state index is 0.0808. The van der Waals surface area contributed by atoms with Gasteiger partial charge in [0.1, 0.15) is 11.6 Å². The van der Waals surface area contributed by atoms with Crippen molar-refractivity contribution in [2.45, 2.75) is 26.2 Å². The van der Waals surface area contributed by atoms with Crippen molar-refractivity contribution in [2.75, 3.05) is 13.2 Å². The fraction of sp³-hybridized carbons (Fsp3) is 0.467. The first-order valence-electron chi connectivity index (χ1n) is 6.75. The van der Waals surface area contributed by atoms with Crippen LogP contribution in [0, 0.1) is 11.7 Å². The van der Waals surface area contributed by atoms with E-state index in [9.17, 15) is 14.0 Å². The predicted molar refractivity (Wildman–Crippen MR) is 70.2 cm³/mol. The van der Waals surface area contributed by atoms with Crippen LogP contribution in [0.15, 0.2) is 18.2 Å². The monoisotopic (exact) mass is 280 g/mol. The average Bonchev–Trinajstić information content (AvgIpc) is 2.38. The fourth-order valence-corrected chi connectivity index (χ4v) is 1.98. The van der Waals surface area contributed by atoms with Crippen LogP contribution in [-0.2, 0) is 9.53 Å². The summed E-state index contributed by atoms with van der Waals surface area (Å²) in [5, 5.41) is 0. The van der Waals surface area contributed by atoms with Gasteiger partial charge >= 0.3 is 5.97 Å². The summed E-state index contributed by atoms with van der Waals surface area (Å²) in [7, 11) is 0. The number of ether oxygens (including phenoxy) is 2. The van der Waals surface area contributed by atoms with E-state index in [1.807, 2.05) is 0 Å². The summed E-state index contributed by atoms with van der Waals surface area (Å²) in [5.41, 5.74) is -0.0808. The van der Waals surface area contributed by atoms with Gasteiger partial charge in [0.2, 0.25) is 0 Å². The summed E-state index contributed by atoms with van der Waals surface area (Å²) in [6, 6.07) is 3.59. The quantitative estimate of drug-likeness (QED) is 0.457. The number of rotatable bonds is 6. The summed E-state index contributed by atoms with van der Waals surface area (Å²) < 4.78 is 23.5. The molecule has 0 aliphatic heterocycles. The minimum Gasteiger partial charge on any atom is -0.493 e. The lowest BCUT2D eigenvalue weighted by Gasteiger charge is -2.25. The Labute approximate surface area is 116 Å². The molecule has 0 aromatic heterocycles. The Bertz CT molecular complexity index is 509. The zero-order valence-corrected chi connectivity index (χ0v) is 11.4. The second-order valence-corrected chi connectivity index (χ2v) is 4.80. The molecule has 0 N–H and O–H groups in total. The maximum absolute atomic E-state index is 13.3. The molecular weight excluding hydrogens is 263 g/mol. The highest BCUT2D eigenvalue weighted by atomic mass is 19.1. The molecule has 1 aromatic carbocycles. The van der Waals surface area contributed by atoms with Gasteiger partial charge in [-0.05, 0) is 43.9 Å². The Hall–Kier alpha value is -1.91. The first-order valence-corrected chi connectivity index (χ1v) is 6.75. The number of hydrogen-bond donors (Lipinski definition) is 0. The smallest absolute Gasteiger partial charge is 0.379 e. The van der Waals surface area contributed by atoms with Crippen molar-refractivity contribution in [3.8, 4) is 5.75 Å². The van der Waals surface area contributed by atoms with E-state index in [2.05, 4.69) is 4.74 Å². The van der Waals surface area contributed by atoms with Gasteiger partial charge in [-0.15, -0.1) is 0 Å². The number of Topliss-reactive ketones (excluding diaryl/α,β-unsaturated/α-hetero) is 1. The molecule has 0 bridgehead atoms. The number of hydrogen-bond acceptors (Lipinski definition) is 4. The number of carbonyl (C=O) groups excluding carboxylic acids is 2. The van der Waals surface area contributed by atoms with Gasteiger partial charge < -0.3 is 9.47 Å². The van der Waals surface area contributed by atoms with Crippen molar-refractivity contribution in [1.82, 2.24) is 0 Å². The summed E-state index contributed by atoms with van der Waals surface area (Å²) in [6.45, 7) is 2.18. The summed E-state index contributed by atoms with van der Waals surface area (Å²) in [6.07, 6.45) is 3.39. The standard InChI is InChI=1S/C15H17FO4/c1-2-19-15(18)14(17)12-8-11(16)6-7-13(12)20-9-10-4-3-5-10/h6-8,10H,2-5,9H2,1H3. The third kappa shape index (κ3) is 3.35. The van der Waals surface area contributed by atoms with Crippen LogP contribution in [0.3, 0.4) is 0 Å². The van der Waals surface area contributed by atoms with Crippen molar-refractivity contribution in [3.05, 3.63) is 29.6 Å². The third-order valence-corrected chi connectivity index (χ3v) is 3.35. The molecule has 1 aliphatic carbocycles. The van der Waals surface area contributed by atoms with Gasteiger partial charge in [0.25, 0.3) is 5.78 Å². The van der Waals surface area contributed by atoms with Gasteiger partial charge in [0.05, 0.1) is 18.8 Å². The van der Waals surface area contributed by atoms with E-state index in [1.54, 1.807) is 6.92 Å². The largest absolute Gasteiger partial charge is 0.493 e. The molecule has 0 unspecified atom stereocenters. The topological polar surface area (TPSA) is 52.6 Å². The number of benzene rings is 1. The van der Waals surface area contributed by atoms with Crippen LogP contribution in [0.4, 0.5) is 4.39 Å². The predicted octanol–water partition coefficient (Wildman–Crippen LogP) is 2.75. The molecule has 4 nitrogen and oxygen atoms in total. The Morgan fingerprint density at radius 1 is 1.35 bits per heavy atom. The molecule has 1 aliphatic rings. The Morgan fingerprint density at radius 2 is 2.10 bits per heavy atom. The molecule has 1 fully saturated rings. The zero-order chi connectivity index (χ0) is 14.5. The van der Waals surface area contributed by atoms with E-state index in [-0.39, 0.29) is 17.9 Å². The maximum atomic E-state index is 13.3. The lowest BCUT2D eigenvalue weighted by molar-refractivity contribution is -0.137. The molecule has 0 heterocycles. The highest BCUT2D eigenvalue weighted by Crippen LogP contribution is 2.28. The first-order chi connectivity index (χ1) is 9.61. The molecule has 108 valence electrons. The van der Waals surface area contributed by atoms with Gasteiger partial charge in [-0.3, -0.25) is 4.79 Å². The van der Waals surface area contributed by atoms with Crippen LogP contribution in [0.1, 0.15) is 36.5 Å². The molecule has 0 amide bonds.